The summed E-state index contributed by atoms with van der Waals surface area (Å²) in [6, 6.07) is 3.77. The summed E-state index contributed by atoms with van der Waals surface area (Å²) >= 11 is 0. The van der Waals surface area contributed by atoms with E-state index in [2.05, 4.69) is 33.9 Å². The average Bonchev–Trinajstić information content (AvgIpc) is 2.29. The van der Waals surface area contributed by atoms with Crippen molar-refractivity contribution >= 4 is 8.32 Å². The van der Waals surface area contributed by atoms with E-state index in [1.165, 1.54) is 0 Å². The molecule has 1 aromatic heterocycles. The van der Waals surface area contributed by atoms with Crippen molar-refractivity contribution in [2.45, 2.75) is 59.0 Å². The van der Waals surface area contributed by atoms with Crippen molar-refractivity contribution in [3.05, 3.63) is 40.7 Å². The largest absolute Gasteiger partial charge is 0.412 e. The Kier molecular flexibility index (Phi) is 5.16. The molecule has 0 bridgehead atoms. The number of pyridine rings is 1. The SMILES string of the molecule is C[CH]Cn1cccc(CO[Si](C)(C)C(C)(C)C)c1=O. The highest BCUT2D eigenvalue weighted by Crippen LogP contribution is 2.36. The van der Waals surface area contributed by atoms with E-state index in [-0.39, 0.29) is 10.6 Å². The van der Waals surface area contributed by atoms with Crippen molar-refractivity contribution < 1.29 is 4.43 Å². The van der Waals surface area contributed by atoms with E-state index in [1.54, 1.807) is 4.57 Å². The molecule has 3 nitrogen and oxygen atoms in total. The molecule has 4 heteroatoms. The summed E-state index contributed by atoms with van der Waals surface area (Å²) in [6.45, 7) is 14.0. The van der Waals surface area contributed by atoms with Crippen LogP contribution in [0.4, 0.5) is 0 Å². The maximum atomic E-state index is 12.2. The number of aromatic nitrogens is 1. The maximum absolute atomic E-state index is 12.2. The lowest BCUT2D eigenvalue weighted by Gasteiger charge is -2.36. The fourth-order valence-electron chi connectivity index (χ4n) is 1.51. The minimum absolute atomic E-state index is 0.0549. The Bertz CT molecular complexity index is 472. The van der Waals surface area contributed by atoms with Gasteiger partial charge in [-0.1, -0.05) is 27.7 Å². The molecule has 0 unspecified atom stereocenters. The van der Waals surface area contributed by atoms with E-state index < -0.39 is 8.32 Å². The molecule has 1 heterocycles. The van der Waals surface area contributed by atoms with Crippen molar-refractivity contribution in [2.75, 3.05) is 0 Å². The molecule has 1 rings (SSSR count). The lowest BCUT2D eigenvalue weighted by atomic mass is 10.2. The Morgan fingerprint density at radius 1 is 1.37 bits per heavy atom. The van der Waals surface area contributed by atoms with E-state index in [0.29, 0.717) is 13.2 Å². The number of hydrogen-bond acceptors (Lipinski definition) is 2. The zero-order chi connectivity index (χ0) is 14.7. The van der Waals surface area contributed by atoms with Gasteiger partial charge in [-0.3, -0.25) is 4.79 Å². The molecule has 0 amide bonds. The van der Waals surface area contributed by atoms with Crippen LogP contribution in [0.15, 0.2) is 23.1 Å². The average molecular weight is 280 g/mol. The van der Waals surface area contributed by atoms with Gasteiger partial charge in [-0.05, 0) is 36.7 Å². The molecule has 0 spiro atoms. The first-order valence-corrected chi connectivity index (χ1v) is 9.70. The fraction of sp³-hybridized carbons (Fsp3) is 0.600. The van der Waals surface area contributed by atoms with Gasteiger partial charge in [-0.15, -0.1) is 0 Å². The summed E-state index contributed by atoms with van der Waals surface area (Å²) < 4.78 is 7.82. The van der Waals surface area contributed by atoms with Crippen molar-refractivity contribution in [1.82, 2.24) is 4.57 Å². The lowest BCUT2D eigenvalue weighted by molar-refractivity contribution is 0.274. The normalized spacial score (nSPS) is 12.7. The molecule has 0 aliphatic carbocycles. The molecular formula is C15H26NO2Si. The van der Waals surface area contributed by atoms with Crippen molar-refractivity contribution in [3.63, 3.8) is 0 Å². The fourth-order valence-corrected chi connectivity index (χ4v) is 2.46. The van der Waals surface area contributed by atoms with Crippen LogP contribution in [0.5, 0.6) is 0 Å². The van der Waals surface area contributed by atoms with E-state index in [4.69, 9.17) is 4.43 Å². The Morgan fingerprint density at radius 3 is 2.53 bits per heavy atom. The van der Waals surface area contributed by atoms with Gasteiger partial charge in [0.15, 0.2) is 8.32 Å². The molecule has 19 heavy (non-hydrogen) atoms. The highest BCUT2D eigenvalue weighted by Gasteiger charge is 2.37. The minimum Gasteiger partial charge on any atom is -0.412 e. The van der Waals surface area contributed by atoms with Crippen LogP contribution in [-0.2, 0) is 17.6 Å². The molecule has 0 aliphatic rings. The zero-order valence-electron chi connectivity index (χ0n) is 13.0. The molecule has 0 saturated carbocycles. The third kappa shape index (κ3) is 4.04. The molecule has 0 aliphatic heterocycles. The van der Waals surface area contributed by atoms with Crippen molar-refractivity contribution in [2.24, 2.45) is 0 Å². The standard InChI is InChI=1S/C15H26NO2Si/c1-7-10-16-11-8-9-13(14(16)17)12-18-19(5,6)15(2,3)4/h7-9,11H,10,12H2,1-6H3. The summed E-state index contributed by atoms with van der Waals surface area (Å²) in [7, 11) is -1.80. The van der Waals surface area contributed by atoms with E-state index in [1.807, 2.05) is 31.7 Å². The van der Waals surface area contributed by atoms with Crippen LogP contribution < -0.4 is 5.56 Å². The second kappa shape index (κ2) is 6.05. The van der Waals surface area contributed by atoms with Crippen LogP contribution in [0.2, 0.25) is 18.1 Å². The molecule has 0 N–H and O–H groups in total. The Labute approximate surface area is 117 Å². The van der Waals surface area contributed by atoms with Crippen LogP contribution in [-0.4, -0.2) is 12.9 Å². The molecule has 107 valence electrons. The maximum Gasteiger partial charge on any atom is 0.256 e. The topological polar surface area (TPSA) is 31.2 Å². The van der Waals surface area contributed by atoms with Gasteiger partial charge >= 0.3 is 0 Å². The van der Waals surface area contributed by atoms with Gasteiger partial charge in [-0.25, -0.2) is 0 Å². The number of nitrogens with zero attached hydrogens (tertiary/aromatic N) is 1. The molecule has 0 atom stereocenters. The highest BCUT2D eigenvalue weighted by molar-refractivity contribution is 6.74. The molecule has 1 radical (unpaired) electrons. The highest BCUT2D eigenvalue weighted by atomic mass is 28.4. The van der Waals surface area contributed by atoms with Gasteiger partial charge in [0.25, 0.3) is 5.56 Å². The van der Waals surface area contributed by atoms with Crippen LogP contribution in [0.25, 0.3) is 0 Å². The third-order valence-corrected chi connectivity index (χ3v) is 8.35. The van der Waals surface area contributed by atoms with Crippen LogP contribution in [0.1, 0.15) is 33.3 Å². The first-order chi connectivity index (χ1) is 8.69. The van der Waals surface area contributed by atoms with Crippen molar-refractivity contribution in [1.29, 1.82) is 0 Å². The Balaban J connectivity index is 2.85. The molecule has 0 aromatic carbocycles. The Morgan fingerprint density at radius 2 is 2.00 bits per heavy atom. The summed E-state index contributed by atoms with van der Waals surface area (Å²) in [6.07, 6.45) is 3.79. The molecule has 1 aromatic rings. The van der Waals surface area contributed by atoms with Gasteiger partial charge in [-0.2, -0.15) is 0 Å². The second-order valence-corrected chi connectivity index (χ2v) is 11.3. The van der Waals surface area contributed by atoms with Crippen LogP contribution in [0.3, 0.4) is 0 Å². The number of rotatable bonds is 5. The molecule has 0 fully saturated rings. The van der Waals surface area contributed by atoms with Crippen LogP contribution >= 0.6 is 0 Å². The first-order valence-electron chi connectivity index (χ1n) is 6.79. The van der Waals surface area contributed by atoms with Crippen LogP contribution in [0, 0.1) is 6.42 Å². The van der Waals surface area contributed by atoms with E-state index in [9.17, 15) is 4.79 Å². The Hall–Kier alpha value is -0.873. The molecular weight excluding hydrogens is 254 g/mol. The summed E-state index contributed by atoms with van der Waals surface area (Å²) in [5.41, 5.74) is 0.800. The third-order valence-electron chi connectivity index (χ3n) is 3.87. The monoisotopic (exact) mass is 280 g/mol. The first kappa shape index (κ1) is 16.2. The van der Waals surface area contributed by atoms with Crippen molar-refractivity contribution in [3.8, 4) is 0 Å². The predicted octanol–water partition coefficient (Wildman–Crippen LogP) is 3.59. The summed E-state index contributed by atoms with van der Waals surface area (Å²) in [5, 5.41) is 0.165. The second-order valence-electron chi connectivity index (χ2n) is 6.45. The lowest BCUT2D eigenvalue weighted by Crippen LogP contribution is -2.41. The summed E-state index contributed by atoms with van der Waals surface area (Å²) in [5.74, 6) is 0. The van der Waals surface area contributed by atoms with E-state index in [0.717, 1.165) is 5.56 Å². The number of hydrogen-bond donors (Lipinski definition) is 0. The predicted molar refractivity (Wildman–Crippen MR) is 82.7 cm³/mol. The molecule has 0 saturated heterocycles. The van der Waals surface area contributed by atoms with Gasteiger partial charge in [0.2, 0.25) is 0 Å². The van der Waals surface area contributed by atoms with Gasteiger partial charge < -0.3 is 8.99 Å². The van der Waals surface area contributed by atoms with E-state index >= 15 is 0 Å². The zero-order valence-corrected chi connectivity index (χ0v) is 14.0. The minimum atomic E-state index is -1.80. The van der Waals surface area contributed by atoms with Gasteiger partial charge in [0.05, 0.1) is 6.61 Å². The van der Waals surface area contributed by atoms with Gasteiger partial charge in [0, 0.05) is 18.3 Å². The summed E-state index contributed by atoms with van der Waals surface area (Å²) in [4.78, 5) is 12.2. The van der Waals surface area contributed by atoms with Gasteiger partial charge in [0.1, 0.15) is 0 Å². The quantitative estimate of drug-likeness (QED) is 0.772. The smallest absolute Gasteiger partial charge is 0.256 e.